The maximum Gasteiger partial charge on any atom is 0.258 e. The van der Waals surface area contributed by atoms with E-state index in [1.807, 2.05) is 38.1 Å². The molecule has 9 heteroatoms. The van der Waals surface area contributed by atoms with E-state index in [4.69, 9.17) is 25.7 Å². The van der Waals surface area contributed by atoms with Crippen LogP contribution in [0.5, 0.6) is 5.75 Å². The van der Waals surface area contributed by atoms with Gasteiger partial charge in [0.2, 0.25) is 0 Å². The Balaban J connectivity index is 1.49. The molecule has 2 heterocycles. The second-order valence-electron chi connectivity index (χ2n) is 10.4. The highest BCUT2D eigenvalue weighted by molar-refractivity contribution is 6.00. The molecule has 4 rings (SSSR count). The summed E-state index contributed by atoms with van der Waals surface area (Å²) < 4.78 is 33.1. The number of nitrogens with zero attached hydrogens (tertiary/aromatic N) is 2. The van der Waals surface area contributed by atoms with Gasteiger partial charge in [0.25, 0.3) is 5.91 Å². The third-order valence-corrected chi connectivity index (χ3v) is 6.38. The summed E-state index contributed by atoms with van der Waals surface area (Å²) in [6.07, 6.45) is 4.22. The summed E-state index contributed by atoms with van der Waals surface area (Å²) in [5.74, 6) is 5.55. The van der Waals surface area contributed by atoms with E-state index in [-0.39, 0.29) is 41.3 Å². The number of carbonyl (C=O) groups is 1. The van der Waals surface area contributed by atoms with Crippen molar-refractivity contribution in [2.24, 2.45) is 0 Å². The molecule has 1 aliphatic heterocycles. The van der Waals surface area contributed by atoms with Crippen molar-refractivity contribution in [2.75, 3.05) is 32.2 Å². The number of rotatable bonds is 7. The molecular formula is C31H35FN4O4. The molecule has 1 fully saturated rings. The highest BCUT2D eigenvalue weighted by Gasteiger charge is 2.24. The summed E-state index contributed by atoms with van der Waals surface area (Å²) in [4.78, 5) is 17.9. The molecule has 1 unspecified atom stereocenters. The molecule has 0 aliphatic carbocycles. The molecule has 40 heavy (non-hydrogen) atoms. The summed E-state index contributed by atoms with van der Waals surface area (Å²) in [7, 11) is 3.07. The van der Waals surface area contributed by atoms with Gasteiger partial charge in [0.05, 0.1) is 5.56 Å². The Morgan fingerprint density at radius 1 is 1.20 bits per heavy atom. The van der Waals surface area contributed by atoms with E-state index in [9.17, 15) is 4.79 Å². The minimum absolute atomic E-state index is 0.0556. The van der Waals surface area contributed by atoms with Crippen LogP contribution in [0.25, 0.3) is 11.1 Å². The largest absolute Gasteiger partial charge is 0.485 e. The normalized spacial score (nSPS) is 15.2. The van der Waals surface area contributed by atoms with E-state index >= 15 is 4.39 Å². The second kappa shape index (κ2) is 12.4. The van der Waals surface area contributed by atoms with Crippen LogP contribution in [0.2, 0.25) is 0 Å². The minimum atomic E-state index is -0.732. The van der Waals surface area contributed by atoms with E-state index in [0.717, 1.165) is 30.4 Å². The predicted octanol–water partition coefficient (Wildman–Crippen LogP) is 5.01. The van der Waals surface area contributed by atoms with Gasteiger partial charge in [0, 0.05) is 49.3 Å². The molecule has 1 atom stereocenters. The maximum absolute atomic E-state index is 15.4. The van der Waals surface area contributed by atoms with Crippen LogP contribution in [0.4, 0.5) is 15.9 Å². The van der Waals surface area contributed by atoms with Crippen LogP contribution >= 0.6 is 0 Å². The highest BCUT2D eigenvalue weighted by atomic mass is 19.1. The molecule has 0 radical (unpaired) electrons. The zero-order valence-electron chi connectivity index (χ0n) is 23.3. The fourth-order valence-electron chi connectivity index (χ4n) is 4.26. The minimum Gasteiger partial charge on any atom is -0.485 e. The fraction of sp³-hybridized carbons (Fsp3) is 0.355. The summed E-state index contributed by atoms with van der Waals surface area (Å²) >= 11 is 0. The number of anilines is 2. The van der Waals surface area contributed by atoms with E-state index in [2.05, 4.69) is 16.8 Å². The van der Waals surface area contributed by atoms with Crippen molar-refractivity contribution in [3.8, 4) is 28.7 Å². The fourth-order valence-corrected chi connectivity index (χ4v) is 4.26. The quantitative estimate of drug-likeness (QED) is 0.317. The summed E-state index contributed by atoms with van der Waals surface area (Å²) in [6, 6.07) is 12.2. The first-order valence-corrected chi connectivity index (χ1v) is 13.1. The number of ether oxygens (including phenoxy) is 3. The monoisotopic (exact) mass is 546 g/mol. The van der Waals surface area contributed by atoms with Crippen molar-refractivity contribution in [1.82, 2.24) is 9.88 Å². The summed E-state index contributed by atoms with van der Waals surface area (Å²) in [6.45, 7) is 4.76. The second-order valence-corrected chi connectivity index (χ2v) is 10.4. The molecule has 3 aromatic rings. The molecule has 1 amide bonds. The number of nitrogen functional groups attached to an aromatic ring is 2. The highest BCUT2D eigenvalue weighted by Crippen LogP contribution is 2.32. The van der Waals surface area contributed by atoms with E-state index in [0.29, 0.717) is 12.2 Å². The third-order valence-electron chi connectivity index (χ3n) is 6.38. The van der Waals surface area contributed by atoms with Gasteiger partial charge in [-0.15, -0.1) is 0 Å². The van der Waals surface area contributed by atoms with Crippen molar-refractivity contribution < 1.29 is 23.4 Å². The van der Waals surface area contributed by atoms with Gasteiger partial charge in [0.1, 0.15) is 18.0 Å². The van der Waals surface area contributed by atoms with Crippen molar-refractivity contribution in [2.45, 2.75) is 51.6 Å². The van der Waals surface area contributed by atoms with E-state index < -0.39 is 17.3 Å². The number of hydrogen-bond donors (Lipinski definition) is 2. The first-order chi connectivity index (χ1) is 19.0. The molecule has 0 saturated carbocycles. The van der Waals surface area contributed by atoms with E-state index in [1.54, 1.807) is 6.07 Å². The first kappa shape index (κ1) is 28.9. The molecule has 4 N–H and O–H groups in total. The number of amides is 1. The maximum atomic E-state index is 15.4. The van der Waals surface area contributed by atoms with Gasteiger partial charge in [0.15, 0.2) is 17.9 Å². The van der Waals surface area contributed by atoms with Crippen molar-refractivity contribution in [3.05, 3.63) is 71.2 Å². The Morgan fingerprint density at radius 2 is 2.00 bits per heavy atom. The molecule has 1 aliphatic rings. The van der Waals surface area contributed by atoms with Crippen LogP contribution in [-0.2, 0) is 16.1 Å². The number of carbonyl (C=O) groups excluding carboxylic acids is 1. The molecule has 2 aromatic carbocycles. The molecule has 0 spiro atoms. The van der Waals surface area contributed by atoms with Crippen LogP contribution in [0.15, 0.2) is 48.7 Å². The van der Waals surface area contributed by atoms with Crippen molar-refractivity contribution in [3.63, 3.8) is 0 Å². The summed E-state index contributed by atoms with van der Waals surface area (Å²) in [5, 5.41) is 0. The number of hydrogen-bond acceptors (Lipinski definition) is 7. The first-order valence-electron chi connectivity index (χ1n) is 13.1. The number of halogens is 1. The zero-order valence-corrected chi connectivity index (χ0v) is 23.3. The lowest BCUT2D eigenvalue weighted by Crippen LogP contribution is -2.33. The van der Waals surface area contributed by atoms with Crippen LogP contribution in [0.1, 0.15) is 54.6 Å². The van der Waals surface area contributed by atoms with Gasteiger partial charge >= 0.3 is 0 Å². The van der Waals surface area contributed by atoms with Crippen LogP contribution < -0.4 is 16.2 Å². The Kier molecular flexibility index (Phi) is 8.93. The van der Waals surface area contributed by atoms with E-state index in [1.165, 1.54) is 37.3 Å². The van der Waals surface area contributed by atoms with Gasteiger partial charge in [-0.1, -0.05) is 24.0 Å². The Labute approximate surface area is 234 Å². The SMILES string of the molecule is CN(C)C(=O)c1c(N)ccc(-c2cnc(N)c(OCc3cccc(C#CC(C)(C)OC4CCCCO4)c3)c2)c1F. The number of pyridine rings is 1. The van der Waals surface area contributed by atoms with Crippen LogP contribution in [0.3, 0.4) is 0 Å². The molecule has 1 saturated heterocycles. The number of aromatic nitrogens is 1. The van der Waals surface area contributed by atoms with Crippen molar-refractivity contribution in [1.29, 1.82) is 0 Å². The van der Waals surface area contributed by atoms with Gasteiger partial charge in [-0.2, -0.15) is 0 Å². The average Bonchev–Trinajstić information content (AvgIpc) is 2.92. The Hall–Kier alpha value is -4.13. The van der Waals surface area contributed by atoms with Gasteiger partial charge in [-0.25, -0.2) is 9.37 Å². The predicted molar refractivity (Wildman–Crippen MR) is 153 cm³/mol. The standard InChI is InChI=1S/C31H35FN4O4/c1-31(2,40-26-10-5-6-15-38-26)14-13-20-8-7-9-21(16-20)19-39-25-17-22(18-35-29(25)34)23-11-12-24(33)27(28(23)32)30(37)36(3)4/h7-9,11-12,16-18,26H,5-6,10,15,19,33H2,1-4H3,(H2,34,35). The average molecular weight is 547 g/mol. The molecule has 8 nitrogen and oxygen atoms in total. The lowest BCUT2D eigenvalue weighted by Gasteiger charge is -2.29. The number of benzene rings is 2. The summed E-state index contributed by atoms with van der Waals surface area (Å²) in [5.41, 5.74) is 13.4. The Morgan fingerprint density at radius 3 is 2.73 bits per heavy atom. The molecule has 1 aromatic heterocycles. The number of nitrogens with two attached hydrogens (primary N) is 2. The topological polar surface area (TPSA) is 113 Å². The van der Waals surface area contributed by atoms with Crippen LogP contribution in [0, 0.1) is 17.7 Å². The van der Waals surface area contributed by atoms with Gasteiger partial charge < -0.3 is 30.6 Å². The lowest BCUT2D eigenvalue weighted by molar-refractivity contribution is -0.199. The third kappa shape index (κ3) is 7.08. The molecule has 0 bridgehead atoms. The van der Waals surface area contributed by atoms with Gasteiger partial charge in [-0.3, -0.25) is 4.79 Å². The molecule has 210 valence electrons. The van der Waals surface area contributed by atoms with Crippen molar-refractivity contribution >= 4 is 17.4 Å². The Bertz CT molecular complexity index is 1440. The smallest absolute Gasteiger partial charge is 0.258 e. The zero-order chi connectivity index (χ0) is 28.9. The van der Waals surface area contributed by atoms with Crippen LogP contribution in [-0.4, -0.2) is 48.4 Å². The molecular weight excluding hydrogens is 511 g/mol. The van der Waals surface area contributed by atoms with Gasteiger partial charge in [-0.05, 0) is 69.0 Å². The lowest BCUT2D eigenvalue weighted by atomic mass is 10.0.